The van der Waals surface area contributed by atoms with E-state index in [9.17, 15) is 9.59 Å². The quantitative estimate of drug-likeness (QED) is 0.453. The molecule has 0 fully saturated rings. The maximum atomic E-state index is 12.8. The van der Waals surface area contributed by atoms with Crippen molar-refractivity contribution in [3.05, 3.63) is 96.1 Å². The van der Waals surface area contributed by atoms with E-state index in [0.717, 1.165) is 21.7 Å². The van der Waals surface area contributed by atoms with Gasteiger partial charge in [-0.15, -0.1) is 11.8 Å². The Morgan fingerprint density at radius 1 is 0.844 bits per heavy atom. The Balaban J connectivity index is 1.57. The molecule has 6 heteroatoms. The second kappa shape index (κ2) is 12.1. The van der Waals surface area contributed by atoms with E-state index in [1.807, 2.05) is 79.1 Å². The SMILES string of the molecule is CSc1ccccc1NC(=O)CN(C)CC(=O)NC(Cc1ccccc1)c1ccccc1. The predicted octanol–water partition coefficient (Wildman–Crippen LogP) is 4.38. The molecule has 0 saturated heterocycles. The first-order valence-corrected chi connectivity index (χ1v) is 11.8. The minimum absolute atomic E-state index is 0.116. The molecule has 5 nitrogen and oxygen atoms in total. The molecule has 3 aromatic carbocycles. The van der Waals surface area contributed by atoms with Crippen LogP contribution in [-0.2, 0) is 16.0 Å². The zero-order chi connectivity index (χ0) is 22.8. The molecule has 0 bridgehead atoms. The number of hydrogen-bond acceptors (Lipinski definition) is 4. The molecule has 32 heavy (non-hydrogen) atoms. The van der Waals surface area contributed by atoms with Gasteiger partial charge >= 0.3 is 0 Å². The fourth-order valence-electron chi connectivity index (χ4n) is 3.51. The highest BCUT2D eigenvalue weighted by atomic mass is 32.2. The predicted molar refractivity (Wildman–Crippen MR) is 132 cm³/mol. The number of hydrogen-bond donors (Lipinski definition) is 2. The smallest absolute Gasteiger partial charge is 0.238 e. The summed E-state index contributed by atoms with van der Waals surface area (Å²) in [6.45, 7) is 0.264. The van der Waals surface area contributed by atoms with E-state index in [1.54, 1.807) is 23.7 Å². The van der Waals surface area contributed by atoms with Gasteiger partial charge in [-0.25, -0.2) is 0 Å². The van der Waals surface area contributed by atoms with Crippen LogP contribution in [0.15, 0.2) is 89.8 Å². The number of amides is 2. The number of carbonyl (C=O) groups is 2. The number of benzene rings is 3. The van der Waals surface area contributed by atoms with Gasteiger partial charge in [0, 0.05) is 4.90 Å². The molecule has 2 N–H and O–H groups in total. The van der Waals surface area contributed by atoms with Crippen molar-refractivity contribution in [2.45, 2.75) is 17.4 Å². The van der Waals surface area contributed by atoms with E-state index in [4.69, 9.17) is 0 Å². The molecule has 1 unspecified atom stereocenters. The van der Waals surface area contributed by atoms with Crippen molar-refractivity contribution >= 4 is 29.3 Å². The first-order valence-electron chi connectivity index (χ1n) is 10.5. The van der Waals surface area contributed by atoms with Crippen LogP contribution in [0.4, 0.5) is 5.69 Å². The average molecular weight is 448 g/mol. The van der Waals surface area contributed by atoms with Crippen LogP contribution in [0.25, 0.3) is 0 Å². The first kappa shape index (κ1) is 23.6. The standard InChI is InChI=1S/C26H29N3O2S/c1-29(18-25(30)27-22-15-9-10-16-24(22)32-2)19-26(31)28-23(21-13-7-4-8-14-21)17-20-11-5-3-6-12-20/h3-16,23H,17-19H2,1-2H3,(H,27,30)(H,28,31). The molecule has 0 heterocycles. The number of rotatable bonds is 10. The number of nitrogens with one attached hydrogen (secondary N) is 2. The average Bonchev–Trinajstić information content (AvgIpc) is 2.80. The van der Waals surface area contributed by atoms with Gasteiger partial charge in [0.05, 0.1) is 24.8 Å². The second-order valence-corrected chi connectivity index (χ2v) is 8.49. The summed E-state index contributed by atoms with van der Waals surface area (Å²) >= 11 is 1.58. The van der Waals surface area contributed by atoms with Crippen LogP contribution in [0.2, 0.25) is 0 Å². The Morgan fingerprint density at radius 3 is 2.12 bits per heavy atom. The van der Waals surface area contributed by atoms with E-state index in [2.05, 4.69) is 22.8 Å². The summed E-state index contributed by atoms with van der Waals surface area (Å²) in [4.78, 5) is 28.0. The lowest BCUT2D eigenvalue weighted by atomic mass is 9.99. The molecule has 0 aliphatic rings. The lowest BCUT2D eigenvalue weighted by Crippen LogP contribution is -2.40. The van der Waals surface area contributed by atoms with Crippen LogP contribution in [-0.4, -0.2) is 43.1 Å². The number of likely N-dealkylation sites (N-methyl/N-ethyl adjacent to an activating group) is 1. The maximum Gasteiger partial charge on any atom is 0.238 e. The molecule has 2 amide bonds. The molecule has 0 spiro atoms. The van der Waals surface area contributed by atoms with Crippen molar-refractivity contribution in [1.82, 2.24) is 10.2 Å². The zero-order valence-electron chi connectivity index (χ0n) is 18.5. The number of carbonyl (C=O) groups excluding carboxylic acids is 2. The van der Waals surface area contributed by atoms with Crippen molar-refractivity contribution < 1.29 is 9.59 Å². The lowest BCUT2D eigenvalue weighted by molar-refractivity contribution is -0.123. The van der Waals surface area contributed by atoms with Crippen molar-refractivity contribution in [3.63, 3.8) is 0 Å². The van der Waals surface area contributed by atoms with Gasteiger partial charge in [0.15, 0.2) is 0 Å². The van der Waals surface area contributed by atoms with Crippen LogP contribution in [0.5, 0.6) is 0 Å². The molecular weight excluding hydrogens is 418 g/mol. The highest BCUT2D eigenvalue weighted by molar-refractivity contribution is 7.98. The minimum atomic E-state index is -0.148. The van der Waals surface area contributed by atoms with Gasteiger partial charge in [0.2, 0.25) is 11.8 Å². The number of para-hydroxylation sites is 1. The molecule has 0 aliphatic carbocycles. The third-order valence-corrected chi connectivity index (χ3v) is 5.82. The van der Waals surface area contributed by atoms with Gasteiger partial charge in [-0.3, -0.25) is 14.5 Å². The third-order valence-electron chi connectivity index (χ3n) is 5.03. The Kier molecular flexibility index (Phi) is 8.90. The van der Waals surface area contributed by atoms with Gasteiger partial charge in [0.1, 0.15) is 0 Å². The highest BCUT2D eigenvalue weighted by Crippen LogP contribution is 2.24. The van der Waals surface area contributed by atoms with Crippen LogP contribution in [0.1, 0.15) is 17.2 Å². The molecule has 0 saturated carbocycles. The van der Waals surface area contributed by atoms with Gasteiger partial charge in [0.25, 0.3) is 0 Å². The molecule has 3 aromatic rings. The molecular formula is C26H29N3O2S. The van der Waals surface area contributed by atoms with E-state index >= 15 is 0 Å². The summed E-state index contributed by atoms with van der Waals surface area (Å²) in [5.74, 6) is -0.264. The third kappa shape index (κ3) is 7.25. The topological polar surface area (TPSA) is 61.4 Å². The lowest BCUT2D eigenvalue weighted by Gasteiger charge is -2.22. The molecule has 166 valence electrons. The Morgan fingerprint density at radius 2 is 1.44 bits per heavy atom. The molecule has 0 aliphatic heterocycles. The Bertz CT molecular complexity index is 1010. The molecule has 1 atom stereocenters. The summed E-state index contributed by atoms with van der Waals surface area (Å²) in [6.07, 6.45) is 2.67. The number of anilines is 1. The highest BCUT2D eigenvalue weighted by Gasteiger charge is 2.17. The van der Waals surface area contributed by atoms with Gasteiger partial charge in [-0.1, -0.05) is 72.8 Å². The fraction of sp³-hybridized carbons (Fsp3) is 0.231. The summed E-state index contributed by atoms with van der Waals surface area (Å²) in [6, 6.07) is 27.6. The van der Waals surface area contributed by atoms with Crippen molar-refractivity contribution in [3.8, 4) is 0 Å². The molecule has 3 rings (SSSR count). The summed E-state index contributed by atoms with van der Waals surface area (Å²) in [5.41, 5.74) is 3.00. The van der Waals surface area contributed by atoms with Crippen LogP contribution >= 0.6 is 11.8 Å². The normalized spacial score (nSPS) is 11.7. The van der Waals surface area contributed by atoms with Crippen molar-refractivity contribution in [2.24, 2.45) is 0 Å². The zero-order valence-corrected chi connectivity index (χ0v) is 19.3. The Labute approximate surface area is 194 Å². The largest absolute Gasteiger partial charge is 0.348 e. The molecule has 0 radical (unpaired) electrons. The monoisotopic (exact) mass is 447 g/mol. The molecule has 0 aromatic heterocycles. The van der Waals surface area contributed by atoms with Crippen LogP contribution < -0.4 is 10.6 Å². The van der Waals surface area contributed by atoms with Crippen molar-refractivity contribution in [1.29, 1.82) is 0 Å². The van der Waals surface area contributed by atoms with Gasteiger partial charge in [-0.05, 0) is 43.0 Å². The second-order valence-electron chi connectivity index (χ2n) is 7.64. The summed E-state index contributed by atoms with van der Waals surface area (Å²) in [5, 5.41) is 6.07. The first-order chi connectivity index (χ1) is 15.5. The number of nitrogens with zero attached hydrogens (tertiary/aromatic N) is 1. The van der Waals surface area contributed by atoms with Crippen LogP contribution in [0, 0.1) is 0 Å². The summed E-state index contributed by atoms with van der Waals surface area (Å²) < 4.78 is 0. The fourth-order valence-corrected chi connectivity index (χ4v) is 4.06. The van der Waals surface area contributed by atoms with E-state index < -0.39 is 0 Å². The van der Waals surface area contributed by atoms with Gasteiger partial charge < -0.3 is 10.6 Å². The maximum absolute atomic E-state index is 12.8. The van der Waals surface area contributed by atoms with E-state index in [1.165, 1.54) is 0 Å². The number of thioether (sulfide) groups is 1. The van der Waals surface area contributed by atoms with E-state index in [0.29, 0.717) is 6.42 Å². The minimum Gasteiger partial charge on any atom is -0.348 e. The summed E-state index contributed by atoms with van der Waals surface area (Å²) in [7, 11) is 1.77. The van der Waals surface area contributed by atoms with Crippen molar-refractivity contribution in [2.75, 3.05) is 31.7 Å². The van der Waals surface area contributed by atoms with E-state index in [-0.39, 0.29) is 30.9 Å². The van der Waals surface area contributed by atoms with Crippen LogP contribution in [0.3, 0.4) is 0 Å². The van der Waals surface area contributed by atoms with Gasteiger partial charge in [-0.2, -0.15) is 0 Å². The Hall–Kier alpha value is -3.09.